The molecular weight excluding hydrogens is 458 g/mol. The molecule has 35 heavy (non-hydrogen) atoms. The number of rotatable bonds is 8. The van der Waals surface area contributed by atoms with E-state index in [4.69, 9.17) is 13.9 Å². The zero-order valence-electron chi connectivity index (χ0n) is 18.4. The second-order valence-electron chi connectivity index (χ2n) is 7.38. The lowest BCUT2D eigenvalue weighted by atomic mass is 10.0. The molecule has 2 aromatic carbocycles. The van der Waals surface area contributed by atoms with Crippen LogP contribution in [0.5, 0.6) is 11.5 Å². The minimum atomic E-state index is -0.978. The van der Waals surface area contributed by atoms with E-state index in [-0.39, 0.29) is 30.2 Å². The van der Waals surface area contributed by atoms with E-state index < -0.39 is 34.0 Å². The summed E-state index contributed by atoms with van der Waals surface area (Å²) in [5.74, 6) is -1.32. The molecule has 1 aliphatic heterocycles. The average molecular weight is 477 g/mol. The fourth-order valence-electron chi connectivity index (χ4n) is 3.40. The summed E-state index contributed by atoms with van der Waals surface area (Å²) in [5.41, 5.74) is -0.116. The van der Waals surface area contributed by atoms with Crippen LogP contribution in [0.15, 0.2) is 70.9 Å². The number of furan rings is 1. The minimum absolute atomic E-state index is 0.0790. The lowest BCUT2D eigenvalue weighted by Gasteiger charge is -2.25. The minimum Gasteiger partial charge on any atom is -0.493 e. The van der Waals surface area contributed by atoms with E-state index in [1.165, 1.54) is 19.4 Å². The first-order valence-corrected chi connectivity index (χ1v) is 10.3. The van der Waals surface area contributed by atoms with Gasteiger partial charge in [0, 0.05) is 0 Å². The molecule has 0 atom stereocenters. The van der Waals surface area contributed by atoms with Gasteiger partial charge in [0.05, 0.1) is 36.5 Å². The third-order valence-electron chi connectivity index (χ3n) is 5.13. The number of imide groups is 2. The molecule has 1 N–H and O–H groups in total. The number of hydrogen-bond acceptors (Lipinski definition) is 8. The van der Waals surface area contributed by atoms with Gasteiger partial charge in [-0.3, -0.25) is 29.9 Å². The predicted molar refractivity (Wildman–Crippen MR) is 121 cm³/mol. The fraction of sp³-hybridized carbons (Fsp3) is 0.125. The number of amides is 4. The highest BCUT2D eigenvalue weighted by molar-refractivity contribution is 6.31. The van der Waals surface area contributed by atoms with E-state index >= 15 is 0 Å². The maximum atomic E-state index is 12.9. The van der Waals surface area contributed by atoms with E-state index in [9.17, 15) is 24.5 Å². The summed E-state index contributed by atoms with van der Waals surface area (Å²) in [7, 11) is 1.36. The molecule has 2 heterocycles. The molecule has 4 amide bonds. The van der Waals surface area contributed by atoms with E-state index in [0.29, 0.717) is 5.76 Å². The van der Waals surface area contributed by atoms with Crippen LogP contribution in [0.3, 0.4) is 0 Å². The lowest BCUT2D eigenvalue weighted by Crippen LogP contribution is -2.53. The zero-order valence-corrected chi connectivity index (χ0v) is 18.4. The van der Waals surface area contributed by atoms with Crippen molar-refractivity contribution >= 4 is 29.6 Å². The molecule has 0 aliphatic carbocycles. The Labute approximate surface area is 198 Å². The van der Waals surface area contributed by atoms with Crippen LogP contribution in [0.25, 0.3) is 6.08 Å². The van der Waals surface area contributed by atoms with E-state index in [2.05, 4.69) is 5.32 Å². The quantitative estimate of drug-likeness (QED) is 0.225. The van der Waals surface area contributed by atoms with E-state index in [1.807, 2.05) is 30.3 Å². The Kier molecular flexibility index (Phi) is 6.58. The van der Waals surface area contributed by atoms with Gasteiger partial charge in [0.25, 0.3) is 17.5 Å². The smallest absolute Gasteiger partial charge is 0.331 e. The number of carbonyl (C=O) groups excluding carboxylic acids is 3. The molecule has 0 bridgehead atoms. The second-order valence-corrected chi connectivity index (χ2v) is 7.38. The largest absolute Gasteiger partial charge is 0.493 e. The molecule has 1 fully saturated rings. The van der Waals surface area contributed by atoms with Gasteiger partial charge in [-0.1, -0.05) is 30.3 Å². The highest BCUT2D eigenvalue weighted by Gasteiger charge is 2.37. The summed E-state index contributed by atoms with van der Waals surface area (Å²) >= 11 is 0. The van der Waals surface area contributed by atoms with Crippen LogP contribution in [0.2, 0.25) is 0 Å². The fourth-order valence-corrected chi connectivity index (χ4v) is 3.40. The Morgan fingerprint density at radius 3 is 2.51 bits per heavy atom. The number of nitrogens with one attached hydrogen (secondary N) is 1. The Morgan fingerprint density at radius 1 is 1.09 bits per heavy atom. The van der Waals surface area contributed by atoms with Crippen molar-refractivity contribution in [1.82, 2.24) is 10.2 Å². The van der Waals surface area contributed by atoms with Crippen molar-refractivity contribution in [2.45, 2.75) is 13.2 Å². The number of benzene rings is 2. The summed E-state index contributed by atoms with van der Waals surface area (Å²) in [6.07, 6.45) is 2.42. The van der Waals surface area contributed by atoms with Gasteiger partial charge in [0.15, 0.2) is 11.5 Å². The number of nitrogens with zero attached hydrogens (tertiary/aromatic N) is 2. The molecule has 11 nitrogen and oxygen atoms in total. The first-order chi connectivity index (χ1) is 16.9. The summed E-state index contributed by atoms with van der Waals surface area (Å²) in [4.78, 5) is 49.5. The average Bonchev–Trinajstić information content (AvgIpc) is 3.37. The maximum Gasteiger partial charge on any atom is 0.331 e. The third kappa shape index (κ3) is 5.03. The van der Waals surface area contributed by atoms with Gasteiger partial charge < -0.3 is 13.9 Å². The molecule has 0 unspecified atom stereocenters. The molecule has 4 rings (SSSR count). The third-order valence-corrected chi connectivity index (χ3v) is 5.13. The highest BCUT2D eigenvalue weighted by atomic mass is 16.6. The van der Waals surface area contributed by atoms with Crippen LogP contribution in [0.4, 0.5) is 10.5 Å². The van der Waals surface area contributed by atoms with Gasteiger partial charge in [-0.2, -0.15) is 0 Å². The van der Waals surface area contributed by atoms with Gasteiger partial charge in [-0.05, 0) is 29.8 Å². The molecule has 0 spiro atoms. The molecular formula is C24H19N3O8. The molecule has 0 radical (unpaired) electrons. The van der Waals surface area contributed by atoms with Crippen molar-refractivity contribution in [1.29, 1.82) is 0 Å². The van der Waals surface area contributed by atoms with Crippen molar-refractivity contribution in [2.24, 2.45) is 0 Å². The first kappa shape index (κ1) is 23.2. The Bertz CT molecular complexity index is 1320. The molecule has 3 aromatic rings. The number of methoxy groups -OCH3 is 1. The van der Waals surface area contributed by atoms with Crippen LogP contribution in [0, 0.1) is 10.1 Å². The molecule has 1 saturated heterocycles. The standard InChI is InChI=1S/C24H19N3O8/c1-33-20-11-16(19(27(31)32)12-21(20)35-14-15-6-3-2-4-7-15)10-18-22(28)25-24(30)26(23(18)29)13-17-8-5-9-34-17/h2-12H,13-14H2,1H3,(H,25,28,30). The number of urea groups is 1. The SMILES string of the molecule is COc1cc(C=C2C(=O)NC(=O)N(Cc3ccco3)C2=O)c([N+](=O)[O-])cc1OCc1ccccc1. The number of hydrogen-bond donors (Lipinski definition) is 1. The van der Waals surface area contributed by atoms with Crippen molar-refractivity contribution in [2.75, 3.05) is 7.11 Å². The normalized spacial score (nSPS) is 14.7. The van der Waals surface area contributed by atoms with Crippen LogP contribution in [-0.2, 0) is 22.7 Å². The van der Waals surface area contributed by atoms with Crippen molar-refractivity contribution in [3.05, 3.63) is 93.4 Å². The molecule has 178 valence electrons. The highest BCUT2D eigenvalue weighted by Crippen LogP contribution is 2.36. The lowest BCUT2D eigenvalue weighted by molar-refractivity contribution is -0.385. The van der Waals surface area contributed by atoms with Crippen LogP contribution >= 0.6 is 0 Å². The van der Waals surface area contributed by atoms with Crippen molar-refractivity contribution in [3.8, 4) is 11.5 Å². The zero-order chi connectivity index (χ0) is 24.9. The molecule has 1 aromatic heterocycles. The summed E-state index contributed by atoms with van der Waals surface area (Å²) in [6.45, 7) is -0.0838. The van der Waals surface area contributed by atoms with Crippen molar-refractivity contribution < 1.29 is 33.2 Å². The summed E-state index contributed by atoms with van der Waals surface area (Å²) in [5, 5.41) is 13.9. The topological polar surface area (TPSA) is 141 Å². The van der Waals surface area contributed by atoms with Gasteiger partial charge >= 0.3 is 6.03 Å². The van der Waals surface area contributed by atoms with Crippen LogP contribution in [-0.4, -0.2) is 34.8 Å². The number of nitro benzene ring substituents is 1. The molecule has 0 saturated carbocycles. The Morgan fingerprint density at radius 2 is 1.86 bits per heavy atom. The molecule has 1 aliphatic rings. The maximum absolute atomic E-state index is 12.9. The molecule has 11 heteroatoms. The number of nitro groups is 1. The number of ether oxygens (including phenoxy) is 2. The first-order valence-electron chi connectivity index (χ1n) is 10.3. The Hall–Kier alpha value is -4.93. The van der Waals surface area contributed by atoms with Gasteiger partial charge in [-0.25, -0.2) is 4.79 Å². The van der Waals surface area contributed by atoms with Gasteiger partial charge in [0.1, 0.15) is 17.9 Å². The summed E-state index contributed by atoms with van der Waals surface area (Å²) in [6, 6.07) is 13.9. The van der Waals surface area contributed by atoms with Crippen LogP contribution < -0.4 is 14.8 Å². The second kappa shape index (κ2) is 9.91. The summed E-state index contributed by atoms with van der Waals surface area (Å²) < 4.78 is 16.2. The Balaban J connectivity index is 1.68. The van der Waals surface area contributed by atoms with Crippen molar-refractivity contribution in [3.63, 3.8) is 0 Å². The van der Waals surface area contributed by atoms with Gasteiger partial charge in [0.2, 0.25) is 0 Å². The monoisotopic (exact) mass is 477 g/mol. The van der Waals surface area contributed by atoms with E-state index in [1.54, 1.807) is 12.1 Å². The predicted octanol–water partition coefficient (Wildman–Crippen LogP) is 3.44. The van der Waals surface area contributed by atoms with Crippen LogP contribution in [0.1, 0.15) is 16.9 Å². The van der Waals surface area contributed by atoms with E-state index in [0.717, 1.165) is 22.6 Å². The number of carbonyl (C=O) groups is 3. The number of barbiturate groups is 1. The van der Waals surface area contributed by atoms with Gasteiger partial charge in [-0.15, -0.1) is 0 Å².